The normalized spacial score (nSPS) is 30.0. The van der Waals surface area contributed by atoms with Crippen molar-refractivity contribution >= 4 is 11.6 Å². The van der Waals surface area contributed by atoms with E-state index in [0.29, 0.717) is 18.2 Å². The SMILES string of the molecule is CCOC1CC(NC(CC)c2ccc(Cl)cc2)C1(C)CC. The van der Waals surface area contributed by atoms with Crippen LogP contribution in [0.5, 0.6) is 0 Å². The Morgan fingerprint density at radius 2 is 1.95 bits per heavy atom. The van der Waals surface area contributed by atoms with E-state index < -0.39 is 0 Å². The molecule has 0 heterocycles. The van der Waals surface area contributed by atoms with Crippen molar-refractivity contribution in [3.05, 3.63) is 34.9 Å². The molecule has 1 aliphatic rings. The highest BCUT2D eigenvalue weighted by Gasteiger charge is 2.51. The summed E-state index contributed by atoms with van der Waals surface area (Å²) in [7, 11) is 0. The quantitative estimate of drug-likeness (QED) is 0.767. The number of nitrogens with one attached hydrogen (secondary N) is 1. The van der Waals surface area contributed by atoms with Gasteiger partial charge in [-0.25, -0.2) is 0 Å². The van der Waals surface area contributed by atoms with Gasteiger partial charge in [0.2, 0.25) is 0 Å². The van der Waals surface area contributed by atoms with Gasteiger partial charge in [0, 0.05) is 29.1 Å². The van der Waals surface area contributed by atoms with E-state index >= 15 is 0 Å². The van der Waals surface area contributed by atoms with Gasteiger partial charge in [-0.3, -0.25) is 0 Å². The van der Waals surface area contributed by atoms with Gasteiger partial charge in [0.25, 0.3) is 0 Å². The second-order valence-electron chi connectivity index (χ2n) is 6.27. The zero-order valence-electron chi connectivity index (χ0n) is 13.7. The van der Waals surface area contributed by atoms with Crippen LogP contribution in [0.15, 0.2) is 24.3 Å². The summed E-state index contributed by atoms with van der Waals surface area (Å²) in [4.78, 5) is 0. The molecule has 1 aliphatic carbocycles. The van der Waals surface area contributed by atoms with Crippen LogP contribution in [0.1, 0.15) is 58.6 Å². The van der Waals surface area contributed by atoms with Gasteiger partial charge in [-0.1, -0.05) is 44.5 Å². The lowest BCUT2D eigenvalue weighted by molar-refractivity contribution is -0.128. The van der Waals surface area contributed by atoms with E-state index in [4.69, 9.17) is 16.3 Å². The molecule has 0 amide bonds. The average molecular weight is 310 g/mol. The molecule has 0 aliphatic heterocycles. The summed E-state index contributed by atoms with van der Waals surface area (Å²) in [5.74, 6) is 0. The molecule has 3 heteroatoms. The molecule has 1 saturated carbocycles. The Hall–Kier alpha value is -0.570. The molecule has 118 valence electrons. The molecule has 0 radical (unpaired) electrons. The molecule has 4 unspecified atom stereocenters. The van der Waals surface area contributed by atoms with Crippen molar-refractivity contribution in [3.8, 4) is 0 Å². The van der Waals surface area contributed by atoms with Crippen LogP contribution >= 0.6 is 11.6 Å². The van der Waals surface area contributed by atoms with E-state index in [1.165, 1.54) is 5.56 Å². The van der Waals surface area contributed by atoms with E-state index in [0.717, 1.165) is 30.9 Å². The lowest BCUT2D eigenvalue weighted by Gasteiger charge is -2.54. The number of halogens is 1. The van der Waals surface area contributed by atoms with Gasteiger partial charge >= 0.3 is 0 Å². The van der Waals surface area contributed by atoms with Crippen LogP contribution in [0.25, 0.3) is 0 Å². The predicted octanol–water partition coefficient (Wildman–Crippen LogP) is 4.97. The first kappa shape index (κ1) is 16.8. The average Bonchev–Trinajstić information content (AvgIpc) is 2.50. The van der Waals surface area contributed by atoms with E-state index in [2.05, 4.69) is 45.1 Å². The second kappa shape index (κ2) is 7.13. The van der Waals surface area contributed by atoms with Crippen LogP contribution < -0.4 is 5.32 Å². The number of hydrogen-bond acceptors (Lipinski definition) is 2. The molecule has 1 aromatic carbocycles. The minimum absolute atomic E-state index is 0.246. The molecule has 21 heavy (non-hydrogen) atoms. The minimum atomic E-state index is 0.246. The summed E-state index contributed by atoms with van der Waals surface area (Å²) < 4.78 is 5.89. The van der Waals surface area contributed by atoms with Crippen molar-refractivity contribution in [2.24, 2.45) is 5.41 Å². The minimum Gasteiger partial charge on any atom is -0.378 e. The molecule has 0 saturated heterocycles. The Bertz CT molecular complexity index is 447. The first-order valence-corrected chi connectivity index (χ1v) is 8.56. The van der Waals surface area contributed by atoms with Crippen LogP contribution in [-0.2, 0) is 4.74 Å². The summed E-state index contributed by atoms with van der Waals surface area (Å²) in [6, 6.07) is 9.13. The van der Waals surface area contributed by atoms with Gasteiger partial charge < -0.3 is 10.1 Å². The molecule has 1 aromatic rings. The smallest absolute Gasteiger partial charge is 0.0658 e. The summed E-state index contributed by atoms with van der Waals surface area (Å²) in [6.07, 6.45) is 3.74. The number of rotatable bonds is 7. The van der Waals surface area contributed by atoms with Crippen LogP contribution in [0.4, 0.5) is 0 Å². The third kappa shape index (κ3) is 3.44. The fourth-order valence-corrected chi connectivity index (χ4v) is 3.52. The molecule has 0 spiro atoms. The van der Waals surface area contributed by atoms with Crippen LogP contribution in [0.3, 0.4) is 0 Å². The molecule has 1 N–H and O–H groups in total. The maximum Gasteiger partial charge on any atom is 0.0658 e. The van der Waals surface area contributed by atoms with Crippen LogP contribution in [0.2, 0.25) is 5.02 Å². The second-order valence-corrected chi connectivity index (χ2v) is 6.71. The molecule has 4 atom stereocenters. The summed E-state index contributed by atoms with van der Waals surface area (Å²) >= 11 is 5.99. The van der Waals surface area contributed by atoms with E-state index in [1.54, 1.807) is 0 Å². The van der Waals surface area contributed by atoms with Crippen molar-refractivity contribution in [1.82, 2.24) is 5.32 Å². The number of benzene rings is 1. The number of ether oxygens (including phenoxy) is 1. The molecule has 0 aromatic heterocycles. The maximum atomic E-state index is 5.99. The van der Waals surface area contributed by atoms with Gasteiger partial charge in [0.05, 0.1) is 6.10 Å². The first-order chi connectivity index (χ1) is 10.0. The Morgan fingerprint density at radius 1 is 1.29 bits per heavy atom. The topological polar surface area (TPSA) is 21.3 Å². The van der Waals surface area contributed by atoms with Crippen molar-refractivity contribution in [2.45, 2.75) is 65.1 Å². The van der Waals surface area contributed by atoms with Crippen molar-refractivity contribution in [1.29, 1.82) is 0 Å². The lowest BCUT2D eigenvalue weighted by atomic mass is 9.61. The lowest BCUT2D eigenvalue weighted by Crippen LogP contribution is -2.62. The molecule has 2 rings (SSSR count). The molecular weight excluding hydrogens is 282 g/mol. The zero-order valence-corrected chi connectivity index (χ0v) is 14.4. The Morgan fingerprint density at radius 3 is 2.48 bits per heavy atom. The molecule has 2 nitrogen and oxygen atoms in total. The maximum absolute atomic E-state index is 5.99. The van der Waals surface area contributed by atoms with Crippen LogP contribution in [-0.4, -0.2) is 18.8 Å². The fourth-order valence-electron chi connectivity index (χ4n) is 3.40. The first-order valence-electron chi connectivity index (χ1n) is 8.18. The molecule has 0 bridgehead atoms. The Labute approximate surface area is 134 Å². The van der Waals surface area contributed by atoms with E-state index in [-0.39, 0.29) is 5.41 Å². The van der Waals surface area contributed by atoms with Gasteiger partial charge in [0.15, 0.2) is 0 Å². The standard InChI is InChI=1S/C18H28ClNO/c1-5-15(13-8-10-14(19)11-9-13)20-16-12-17(21-7-3)18(16,4)6-2/h8-11,15-17,20H,5-7,12H2,1-4H3. The summed E-state index contributed by atoms with van der Waals surface area (Å²) in [5.41, 5.74) is 1.57. The number of hydrogen-bond donors (Lipinski definition) is 1. The van der Waals surface area contributed by atoms with Crippen molar-refractivity contribution in [3.63, 3.8) is 0 Å². The highest BCUT2D eigenvalue weighted by molar-refractivity contribution is 6.30. The third-order valence-corrected chi connectivity index (χ3v) is 5.45. The molecular formula is C18H28ClNO. The summed E-state index contributed by atoms with van der Waals surface area (Å²) in [5, 5.41) is 4.64. The van der Waals surface area contributed by atoms with Gasteiger partial charge in [-0.2, -0.15) is 0 Å². The fraction of sp³-hybridized carbons (Fsp3) is 0.667. The zero-order chi connectivity index (χ0) is 15.5. The van der Waals surface area contributed by atoms with Crippen LogP contribution in [0, 0.1) is 5.41 Å². The van der Waals surface area contributed by atoms with Gasteiger partial charge in [-0.05, 0) is 43.9 Å². The Balaban J connectivity index is 2.04. The predicted molar refractivity (Wildman–Crippen MR) is 89.8 cm³/mol. The van der Waals surface area contributed by atoms with E-state index in [9.17, 15) is 0 Å². The van der Waals surface area contributed by atoms with E-state index in [1.807, 2.05) is 12.1 Å². The monoisotopic (exact) mass is 309 g/mol. The summed E-state index contributed by atoms with van der Waals surface area (Å²) in [6.45, 7) is 9.74. The molecule has 1 fully saturated rings. The van der Waals surface area contributed by atoms with Gasteiger partial charge in [0.1, 0.15) is 0 Å². The largest absolute Gasteiger partial charge is 0.378 e. The highest BCUT2D eigenvalue weighted by atomic mass is 35.5. The van der Waals surface area contributed by atoms with Gasteiger partial charge in [-0.15, -0.1) is 0 Å². The highest BCUT2D eigenvalue weighted by Crippen LogP contribution is 2.46. The third-order valence-electron chi connectivity index (χ3n) is 5.19. The Kier molecular flexibility index (Phi) is 5.70. The van der Waals surface area contributed by atoms with Crippen molar-refractivity contribution in [2.75, 3.05) is 6.61 Å². The van der Waals surface area contributed by atoms with Crippen molar-refractivity contribution < 1.29 is 4.74 Å².